The summed E-state index contributed by atoms with van der Waals surface area (Å²) in [6.45, 7) is 3.66. The molecule has 0 saturated heterocycles. The molecule has 0 amide bonds. The molecule has 1 atom stereocenters. The third-order valence-corrected chi connectivity index (χ3v) is 10.1. The van der Waals surface area contributed by atoms with Gasteiger partial charge in [-0.2, -0.15) is 0 Å². The van der Waals surface area contributed by atoms with Crippen LogP contribution in [0.1, 0.15) is 219 Å². The van der Waals surface area contributed by atoms with Crippen molar-refractivity contribution in [1.82, 2.24) is 0 Å². The minimum absolute atomic E-state index is 0.209. The number of unbranched alkanes of at least 4 members (excludes halogenated alkanes) is 25. The largest absolute Gasteiger partial charge is 0.469 e. The van der Waals surface area contributed by atoms with Gasteiger partial charge in [-0.25, -0.2) is 4.57 Å². The van der Waals surface area contributed by atoms with Crippen LogP contribution in [0.2, 0.25) is 0 Å². The number of ether oxygens (including phenoxy) is 2. The van der Waals surface area contributed by atoms with Crippen molar-refractivity contribution in [3.63, 3.8) is 0 Å². The molecule has 0 aliphatic heterocycles. The van der Waals surface area contributed by atoms with Crippen molar-refractivity contribution in [1.29, 1.82) is 0 Å². The minimum Gasteiger partial charge on any atom is -0.462 e. The van der Waals surface area contributed by atoms with E-state index < -0.39 is 32.5 Å². The predicted octanol–water partition coefficient (Wildman–Crippen LogP) is 13.7. The Morgan fingerprint density at radius 1 is 0.481 bits per heavy atom. The van der Waals surface area contributed by atoms with Gasteiger partial charge in [0.2, 0.25) is 0 Å². The van der Waals surface area contributed by atoms with Gasteiger partial charge in [0.15, 0.2) is 6.10 Å². The lowest BCUT2D eigenvalue weighted by Crippen LogP contribution is -2.29. The molecule has 0 aromatic carbocycles. The summed E-state index contributed by atoms with van der Waals surface area (Å²) in [5.74, 6) is -0.896. The number of hydrogen-bond acceptors (Lipinski definition) is 6. The summed E-state index contributed by atoms with van der Waals surface area (Å²) in [5.41, 5.74) is 0. The van der Waals surface area contributed by atoms with Gasteiger partial charge in [0.1, 0.15) is 6.61 Å². The van der Waals surface area contributed by atoms with Crippen molar-refractivity contribution in [2.45, 2.75) is 225 Å². The summed E-state index contributed by atoms with van der Waals surface area (Å²) >= 11 is 0. The molecule has 0 aromatic rings. The van der Waals surface area contributed by atoms with Crippen molar-refractivity contribution in [3.05, 3.63) is 36.5 Å². The lowest BCUT2D eigenvalue weighted by molar-refractivity contribution is -0.161. The molecule has 8 nitrogen and oxygen atoms in total. The number of phosphoric acid groups is 1. The molecule has 0 bridgehead atoms. The van der Waals surface area contributed by atoms with Crippen LogP contribution in [0.25, 0.3) is 0 Å². The van der Waals surface area contributed by atoms with E-state index in [2.05, 4.69) is 54.8 Å². The normalized spacial score (nSPS) is 12.7. The van der Waals surface area contributed by atoms with Gasteiger partial charge in [-0.3, -0.25) is 14.1 Å². The van der Waals surface area contributed by atoms with Gasteiger partial charge in [-0.05, 0) is 70.6 Å². The maximum atomic E-state index is 12.4. The highest BCUT2D eigenvalue weighted by molar-refractivity contribution is 7.46. The van der Waals surface area contributed by atoms with E-state index in [0.717, 1.165) is 57.8 Å². The van der Waals surface area contributed by atoms with Gasteiger partial charge >= 0.3 is 19.8 Å². The molecule has 0 fully saturated rings. The highest BCUT2D eigenvalue weighted by Gasteiger charge is 2.22. The zero-order valence-electron chi connectivity index (χ0n) is 34.9. The molecule has 54 heavy (non-hydrogen) atoms. The molecule has 0 heterocycles. The molecule has 0 rings (SSSR count). The second-order valence-electron chi connectivity index (χ2n) is 15.0. The minimum atomic E-state index is -4.76. The van der Waals surface area contributed by atoms with E-state index in [4.69, 9.17) is 19.3 Å². The van der Waals surface area contributed by atoms with E-state index >= 15 is 0 Å². The summed E-state index contributed by atoms with van der Waals surface area (Å²) in [6, 6.07) is 0. The average Bonchev–Trinajstić information content (AvgIpc) is 3.14. The molecule has 0 aliphatic carbocycles. The first-order valence-electron chi connectivity index (χ1n) is 22.3. The Labute approximate surface area is 332 Å². The summed E-state index contributed by atoms with van der Waals surface area (Å²) in [6.07, 6.45) is 48.7. The van der Waals surface area contributed by atoms with Gasteiger partial charge in [0, 0.05) is 12.8 Å². The van der Waals surface area contributed by atoms with Crippen molar-refractivity contribution in [2.24, 2.45) is 0 Å². The first-order chi connectivity index (χ1) is 26.3. The Morgan fingerprint density at radius 2 is 0.833 bits per heavy atom. The number of rotatable bonds is 41. The maximum absolute atomic E-state index is 12.4. The molecule has 0 aliphatic rings. The smallest absolute Gasteiger partial charge is 0.462 e. The van der Waals surface area contributed by atoms with E-state index in [1.54, 1.807) is 0 Å². The molecule has 9 heteroatoms. The monoisotopic (exact) mass is 783 g/mol. The maximum Gasteiger partial charge on any atom is 0.469 e. The van der Waals surface area contributed by atoms with E-state index in [9.17, 15) is 14.2 Å². The Bertz CT molecular complexity index is 973. The molecule has 2 N–H and O–H groups in total. The number of hydrogen-bond donors (Lipinski definition) is 2. The lowest BCUT2D eigenvalue weighted by atomic mass is 10.0. The molecule has 0 saturated carbocycles. The summed E-state index contributed by atoms with van der Waals surface area (Å²) in [7, 11) is -4.76. The molecule has 316 valence electrons. The Morgan fingerprint density at radius 3 is 1.28 bits per heavy atom. The van der Waals surface area contributed by atoms with Gasteiger partial charge < -0.3 is 19.3 Å². The lowest BCUT2D eigenvalue weighted by Gasteiger charge is -2.18. The van der Waals surface area contributed by atoms with Crippen molar-refractivity contribution in [3.8, 4) is 0 Å². The second kappa shape index (κ2) is 40.9. The number of phosphoric ester groups is 1. The Kier molecular flexibility index (Phi) is 39.6. The first-order valence-corrected chi connectivity index (χ1v) is 23.8. The van der Waals surface area contributed by atoms with Crippen molar-refractivity contribution < 1.29 is 37.9 Å². The summed E-state index contributed by atoms with van der Waals surface area (Å²) in [4.78, 5) is 42.9. The SMILES string of the molecule is CCCCC/C=C\C/C=C\CCCCCCCC(=O)OC[C@H](COP(=O)(O)O)OC(=O)CCCCCCCCCCCCC/C=C\CCCCCCCC. The van der Waals surface area contributed by atoms with E-state index in [-0.39, 0.29) is 19.4 Å². The molecular formula is C45H83O8P. The van der Waals surface area contributed by atoms with Gasteiger partial charge in [-0.15, -0.1) is 0 Å². The van der Waals surface area contributed by atoms with Crippen LogP contribution in [0.5, 0.6) is 0 Å². The molecule has 0 unspecified atom stereocenters. The van der Waals surface area contributed by atoms with Crippen LogP contribution in [0.15, 0.2) is 36.5 Å². The van der Waals surface area contributed by atoms with Crippen LogP contribution in [0.4, 0.5) is 0 Å². The summed E-state index contributed by atoms with van der Waals surface area (Å²) in [5, 5.41) is 0. The first kappa shape index (κ1) is 52.3. The van der Waals surface area contributed by atoms with Gasteiger partial charge in [0.05, 0.1) is 6.61 Å². The van der Waals surface area contributed by atoms with Crippen LogP contribution in [-0.2, 0) is 28.2 Å². The average molecular weight is 783 g/mol. The van der Waals surface area contributed by atoms with Crippen molar-refractivity contribution in [2.75, 3.05) is 13.2 Å². The van der Waals surface area contributed by atoms with E-state index in [0.29, 0.717) is 12.8 Å². The zero-order chi connectivity index (χ0) is 39.6. The Balaban J connectivity index is 3.88. The van der Waals surface area contributed by atoms with Crippen LogP contribution >= 0.6 is 7.82 Å². The van der Waals surface area contributed by atoms with Crippen LogP contribution in [0, 0.1) is 0 Å². The van der Waals surface area contributed by atoms with Crippen LogP contribution in [0.3, 0.4) is 0 Å². The van der Waals surface area contributed by atoms with Crippen LogP contribution < -0.4 is 0 Å². The number of esters is 2. The highest BCUT2D eigenvalue weighted by atomic mass is 31.2. The molecule has 0 spiro atoms. The van der Waals surface area contributed by atoms with Gasteiger partial charge in [-0.1, -0.05) is 172 Å². The van der Waals surface area contributed by atoms with Crippen molar-refractivity contribution >= 4 is 19.8 Å². The second-order valence-corrected chi connectivity index (χ2v) is 16.3. The number of carbonyl (C=O) groups excluding carboxylic acids is 2. The number of carbonyl (C=O) groups is 2. The third-order valence-electron chi connectivity index (χ3n) is 9.63. The van der Waals surface area contributed by atoms with Crippen LogP contribution in [-0.4, -0.2) is 41.0 Å². The zero-order valence-corrected chi connectivity index (χ0v) is 35.8. The Hall–Kier alpha value is -1.73. The molecule has 0 radical (unpaired) electrons. The van der Waals surface area contributed by atoms with E-state index in [1.165, 1.54) is 122 Å². The van der Waals surface area contributed by atoms with Gasteiger partial charge in [0.25, 0.3) is 0 Å². The number of allylic oxidation sites excluding steroid dienone is 6. The highest BCUT2D eigenvalue weighted by Crippen LogP contribution is 2.36. The summed E-state index contributed by atoms with van der Waals surface area (Å²) < 4.78 is 26.4. The standard InChI is InChI=1S/C45H83O8P/c1-3-5-7-9-11-13-15-17-19-20-21-22-23-24-26-28-30-32-34-36-38-40-45(47)53-43(42-52-54(48,49)50)41-51-44(46)39-37-35-33-31-29-27-25-18-16-14-12-10-8-6-4-2/h12,14,17-19,25,43H,3-11,13,15-16,20-24,26-42H2,1-2H3,(H2,48,49,50)/b14-12-,19-17-,25-18-/t43-/m1/s1. The predicted molar refractivity (Wildman–Crippen MR) is 225 cm³/mol. The molecular weight excluding hydrogens is 699 g/mol. The van der Waals surface area contributed by atoms with E-state index in [1.807, 2.05) is 0 Å². The topological polar surface area (TPSA) is 119 Å². The molecule has 0 aromatic heterocycles. The fourth-order valence-electron chi connectivity index (χ4n) is 6.28. The third kappa shape index (κ3) is 43.0. The fraction of sp³-hybridized carbons (Fsp3) is 0.822. The fourth-order valence-corrected chi connectivity index (χ4v) is 6.64. The quantitative estimate of drug-likeness (QED) is 0.0272.